The zero-order valence-electron chi connectivity index (χ0n) is 9.41. The van der Waals surface area contributed by atoms with Gasteiger partial charge in [0.15, 0.2) is 0 Å². The number of aromatic nitrogens is 1. The third kappa shape index (κ3) is 4.98. The summed E-state index contributed by atoms with van der Waals surface area (Å²) in [5, 5.41) is 13.4. The number of pyridine rings is 1. The van der Waals surface area contributed by atoms with Crippen molar-refractivity contribution in [1.82, 2.24) is 4.98 Å². The number of nitrogens with one attached hydrogen (secondary N) is 1. The number of unbranched alkanes of at least 4 members (excludes halogenated alkanes) is 1. The fourth-order valence-corrected chi connectivity index (χ4v) is 1.35. The number of nitro groups is 1. The Labute approximate surface area is 101 Å². The first-order valence-corrected chi connectivity index (χ1v) is 5.29. The van der Waals surface area contributed by atoms with Gasteiger partial charge >= 0.3 is 11.9 Å². The average Bonchev–Trinajstić information content (AvgIpc) is 2.27. The summed E-state index contributed by atoms with van der Waals surface area (Å²) >= 11 is 0. The fraction of sp³-hybridized carbons (Fsp3) is 0.500. The first-order chi connectivity index (χ1) is 8.40. The quantitative estimate of drug-likeness (QED) is 0.486. The van der Waals surface area contributed by atoms with Crippen LogP contribution in [0, 0.1) is 10.1 Å². The van der Waals surface area contributed by atoms with Crippen LogP contribution in [0.2, 0.25) is 0 Å². The molecule has 100 valence electrons. The van der Waals surface area contributed by atoms with Gasteiger partial charge in [0.2, 0.25) is 0 Å². The smallest absolute Gasteiger partial charge is 0.379 e. The molecule has 0 saturated heterocycles. The van der Waals surface area contributed by atoms with Gasteiger partial charge in [-0.3, -0.25) is 15.1 Å². The molecule has 8 heteroatoms. The maximum Gasteiger partial charge on any atom is 0.389 e. The first kappa shape index (κ1) is 14.2. The van der Waals surface area contributed by atoms with Crippen molar-refractivity contribution < 1.29 is 18.1 Å². The molecule has 1 rings (SSSR count). The monoisotopic (exact) mass is 263 g/mol. The van der Waals surface area contributed by atoms with E-state index in [1.165, 1.54) is 12.3 Å². The van der Waals surface area contributed by atoms with Crippen molar-refractivity contribution in [2.24, 2.45) is 0 Å². The van der Waals surface area contributed by atoms with Gasteiger partial charge in [-0.2, -0.15) is 13.2 Å². The summed E-state index contributed by atoms with van der Waals surface area (Å²) in [6, 6.07) is 1.42. The summed E-state index contributed by atoms with van der Waals surface area (Å²) in [7, 11) is 0. The zero-order chi connectivity index (χ0) is 13.6. The summed E-state index contributed by atoms with van der Waals surface area (Å²) in [5.41, 5.74) is 0.0790. The minimum absolute atomic E-state index is 0.00458. The normalized spacial score (nSPS) is 11.3. The van der Waals surface area contributed by atoms with E-state index in [1.54, 1.807) is 0 Å². The van der Waals surface area contributed by atoms with Crippen molar-refractivity contribution in [3.8, 4) is 0 Å². The molecule has 1 N–H and O–H groups in total. The van der Waals surface area contributed by atoms with Crippen LogP contribution in [0.4, 0.5) is 24.5 Å². The molecule has 0 spiro atoms. The Balaban J connectivity index is 2.38. The Morgan fingerprint density at radius 3 is 2.72 bits per heavy atom. The second-order valence-electron chi connectivity index (χ2n) is 3.65. The Morgan fingerprint density at radius 1 is 1.39 bits per heavy atom. The van der Waals surface area contributed by atoms with Crippen molar-refractivity contribution in [2.45, 2.75) is 25.4 Å². The molecular weight excluding hydrogens is 251 g/mol. The molecule has 0 bridgehead atoms. The van der Waals surface area contributed by atoms with E-state index in [-0.39, 0.29) is 24.3 Å². The van der Waals surface area contributed by atoms with Crippen LogP contribution in [-0.2, 0) is 0 Å². The Kier molecular flexibility index (Phi) is 4.87. The number of halogens is 3. The van der Waals surface area contributed by atoms with Crippen LogP contribution in [0.15, 0.2) is 18.5 Å². The van der Waals surface area contributed by atoms with Crippen LogP contribution in [0.1, 0.15) is 19.3 Å². The van der Waals surface area contributed by atoms with E-state index < -0.39 is 17.5 Å². The molecule has 5 nitrogen and oxygen atoms in total. The third-order valence-electron chi connectivity index (χ3n) is 2.20. The third-order valence-corrected chi connectivity index (χ3v) is 2.20. The predicted molar refractivity (Wildman–Crippen MR) is 59.3 cm³/mol. The number of rotatable bonds is 6. The first-order valence-electron chi connectivity index (χ1n) is 5.29. The summed E-state index contributed by atoms with van der Waals surface area (Å²) in [4.78, 5) is 13.6. The lowest BCUT2D eigenvalue weighted by Crippen LogP contribution is -2.09. The molecule has 1 aromatic heterocycles. The second-order valence-corrected chi connectivity index (χ2v) is 3.65. The molecule has 1 heterocycles. The molecular formula is C10H12F3N3O2. The molecule has 0 unspecified atom stereocenters. The maximum atomic E-state index is 11.9. The lowest BCUT2D eigenvalue weighted by molar-refractivity contribution is -0.384. The standard InChI is InChI=1S/C10H12F3N3O2/c11-10(12,13)4-1-2-5-15-8-3-6-14-7-9(8)16(17)18/h3,6-7H,1-2,4-5H2,(H,14,15). The van der Waals surface area contributed by atoms with Crippen LogP contribution in [-0.4, -0.2) is 22.6 Å². The molecule has 0 aliphatic heterocycles. The number of hydrogen-bond donors (Lipinski definition) is 1. The van der Waals surface area contributed by atoms with Crippen molar-refractivity contribution in [3.63, 3.8) is 0 Å². The van der Waals surface area contributed by atoms with E-state index in [4.69, 9.17) is 0 Å². The highest BCUT2D eigenvalue weighted by Crippen LogP contribution is 2.23. The van der Waals surface area contributed by atoms with Gasteiger partial charge < -0.3 is 5.32 Å². The van der Waals surface area contributed by atoms with Gasteiger partial charge in [0.05, 0.1) is 4.92 Å². The highest BCUT2D eigenvalue weighted by molar-refractivity contribution is 5.59. The maximum absolute atomic E-state index is 11.9. The summed E-state index contributed by atoms with van der Waals surface area (Å²) in [5.74, 6) is 0. The molecule has 0 saturated carbocycles. The molecule has 0 fully saturated rings. The Bertz CT molecular complexity index is 410. The van der Waals surface area contributed by atoms with E-state index in [9.17, 15) is 23.3 Å². The molecule has 18 heavy (non-hydrogen) atoms. The minimum atomic E-state index is -4.15. The largest absolute Gasteiger partial charge is 0.389 e. The van der Waals surface area contributed by atoms with Gasteiger partial charge in [-0.05, 0) is 18.9 Å². The van der Waals surface area contributed by atoms with Crippen molar-refractivity contribution in [2.75, 3.05) is 11.9 Å². The van der Waals surface area contributed by atoms with Crippen LogP contribution in [0.5, 0.6) is 0 Å². The molecule has 0 atom stereocenters. The van der Waals surface area contributed by atoms with Gasteiger partial charge in [0, 0.05) is 19.2 Å². The van der Waals surface area contributed by atoms with E-state index in [0.29, 0.717) is 6.42 Å². The Morgan fingerprint density at radius 2 is 2.11 bits per heavy atom. The van der Waals surface area contributed by atoms with Crippen molar-refractivity contribution >= 4 is 11.4 Å². The molecule has 0 radical (unpaired) electrons. The highest BCUT2D eigenvalue weighted by atomic mass is 19.4. The van der Waals surface area contributed by atoms with Crippen molar-refractivity contribution in [3.05, 3.63) is 28.6 Å². The number of alkyl halides is 3. The van der Waals surface area contributed by atoms with E-state index >= 15 is 0 Å². The second kappa shape index (κ2) is 6.18. The van der Waals surface area contributed by atoms with Crippen LogP contribution < -0.4 is 5.32 Å². The van der Waals surface area contributed by atoms with Crippen LogP contribution >= 0.6 is 0 Å². The lowest BCUT2D eigenvalue weighted by Gasteiger charge is -2.08. The van der Waals surface area contributed by atoms with Gasteiger partial charge in [-0.25, -0.2) is 0 Å². The van der Waals surface area contributed by atoms with Gasteiger partial charge in [0.1, 0.15) is 11.9 Å². The topological polar surface area (TPSA) is 68.1 Å². The number of nitrogens with zero attached hydrogens (tertiary/aromatic N) is 2. The molecule has 0 aromatic carbocycles. The minimum Gasteiger partial charge on any atom is -0.379 e. The summed E-state index contributed by atoms with van der Waals surface area (Å²) in [6.07, 6.45) is -2.23. The highest BCUT2D eigenvalue weighted by Gasteiger charge is 2.25. The SMILES string of the molecule is O=[N+]([O-])c1cnccc1NCCCCC(F)(F)F. The molecule has 0 amide bonds. The molecule has 0 aliphatic rings. The number of anilines is 1. The van der Waals surface area contributed by atoms with E-state index in [0.717, 1.165) is 6.20 Å². The zero-order valence-corrected chi connectivity index (χ0v) is 9.41. The van der Waals surface area contributed by atoms with Gasteiger partial charge in [-0.1, -0.05) is 0 Å². The van der Waals surface area contributed by atoms with E-state index in [2.05, 4.69) is 10.3 Å². The average molecular weight is 263 g/mol. The summed E-state index contributed by atoms with van der Waals surface area (Å²) < 4.78 is 35.6. The number of hydrogen-bond acceptors (Lipinski definition) is 4. The van der Waals surface area contributed by atoms with Gasteiger partial charge in [-0.15, -0.1) is 0 Å². The molecule has 1 aromatic rings. The van der Waals surface area contributed by atoms with E-state index in [1.807, 2.05) is 0 Å². The Hall–Kier alpha value is -1.86. The predicted octanol–water partition coefficient (Wildman–Crippen LogP) is 3.13. The van der Waals surface area contributed by atoms with Crippen LogP contribution in [0.3, 0.4) is 0 Å². The lowest BCUT2D eigenvalue weighted by atomic mass is 10.2. The summed E-state index contributed by atoms with van der Waals surface area (Å²) in [6.45, 7) is 0.251. The van der Waals surface area contributed by atoms with Gasteiger partial charge in [0.25, 0.3) is 0 Å². The molecule has 0 aliphatic carbocycles. The fourth-order valence-electron chi connectivity index (χ4n) is 1.35. The van der Waals surface area contributed by atoms with Crippen LogP contribution in [0.25, 0.3) is 0 Å². The van der Waals surface area contributed by atoms with Crippen molar-refractivity contribution in [1.29, 1.82) is 0 Å².